The number of hydrogen-bond donors (Lipinski definition) is 0. The van der Waals surface area contributed by atoms with Gasteiger partial charge < -0.3 is 9.64 Å². The van der Waals surface area contributed by atoms with E-state index in [2.05, 4.69) is 40.3 Å². The minimum Gasteiger partial charge on any atom is -0.497 e. The Bertz CT molecular complexity index is 1310. The summed E-state index contributed by atoms with van der Waals surface area (Å²) in [6.45, 7) is 6.84. The van der Waals surface area contributed by atoms with Crippen molar-refractivity contribution in [2.75, 3.05) is 18.6 Å². The second-order valence-electron chi connectivity index (χ2n) is 11.4. The first-order valence-electron chi connectivity index (χ1n) is 14.6. The van der Waals surface area contributed by atoms with Crippen LogP contribution in [0, 0.1) is 0 Å². The van der Waals surface area contributed by atoms with Crippen LogP contribution in [-0.4, -0.2) is 52.1 Å². The maximum Gasteiger partial charge on any atom is 0.309 e. The fraction of sp³-hybridized carbons (Fsp3) is 0.500. The molecule has 2 aromatic carbocycles. The Morgan fingerprint density at radius 1 is 1.10 bits per heavy atom. The topological polar surface area (TPSA) is 74.6 Å². The van der Waals surface area contributed by atoms with Crippen LogP contribution < -0.4 is 9.64 Å². The van der Waals surface area contributed by atoms with E-state index in [9.17, 15) is 9.59 Å². The fourth-order valence-corrected chi connectivity index (χ4v) is 6.76. The number of aliphatic imine (C=N–C) groups is 1. The number of fused-ring (bicyclic) bond motifs is 1. The monoisotopic (exact) mass is 560 g/mol. The van der Waals surface area contributed by atoms with Gasteiger partial charge in [0.25, 0.3) is 5.91 Å². The molecule has 40 heavy (non-hydrogen) atoms. The van der Waals surface area contributed by atoms with E-state index in [1.165, 1.54) is 36.6 Å². The molecule has 0 spiro atoms. The normalized spacial score (nSPS) is 19.8. The maximum absolute atomic E-state index is 12.7. The van der Waals surface area contributed by atoms with Gasteiger partial charge in [0.05, 0.1) is 23.6 Å². The zero-order valence-electron chi connectivity index (χ0n) is 24.1. The highest BCUT2D eigenvalue weighted by Crippen LogP contribution is 2.38. The van der Waals surface area contributed by atoms with Crippen molar-refractivity contribution < 1.29 is 14.3 Å². The van der Waals surface area contributed by atoms with Crippen molar-refractivity contribution >= 4 is 40.1 Å². The predicted octanol–water partition coefficient (Wildman–Crippen LogP) is 7.21. The van der Waals surface area contributed by atoms with Crippen LogP contribution in [0.2, 0.25) is 0 Å². The molecule has 8 heteroatoms. The third-order valence-corrected chi connectivity index (χ3v) is 8.99. The molecule has 3 aliphatic rings. The minimum absolute atomic E-state index is 0.250. The Kier molecular flexibility index (Phi) is 8.64. The number of nitrogens with zero attached hydrogens (tertiary/aromatic N) is 4. The number of ether oxygens (including phenoxy) is 1. The molecule has 212 valence electrons. The number of imide groups is 1. The summed E-state index contributed by atoms with van der Waals surface area (Å²) in [4.78, 5) is 33.1. The Balaban J connectivity index is 1.53. The Morgan fingerprint density at radius 3 is 2.55 bits per heavy atom. The first-order chi connectivity index (χ1) is 19.3. The number of amidine groups is 1. The largest absolute Gasteiger partial charge is 0.497 e. The maximum atomic E-state index is 12.7. The van der Waals surface area contributed by atoms with Gasteiger partial charge in [-0.1, -0.05) is 32.3 Å². The van der Waals surface area contributed by atoms with Gasteiger partial charge in [-0.15, -0.1) is 0 Å². The average molecular weight is 561 g/mol. The third kappa shape index (κ3) is 5.97. The van der Waals surface area contributed by atoms with Gasteiger partial charge in [-0.3, -0.25) is 14.6 Å². The van der Waals surface area contributed by atoms with E-state index in [-0.39, 0.29) is 11.1 Å². The summed E-state index contributed by atoms with van der Waals surface area (Å²) >= 11 is 1.17. The number of amides is 2. The average Bonchev–Trinajstić information content (AvgIpc) is 2.96. The molecule has 0 aromatic heterocycles. The Hall–Kier alpha value is -3.13. The Labute approximate surface area is 242 Å². The summed E-state index contributed by atoms with van der Waals surface area (Å²) in [7, 11) is 1.69. The number of hydrazone groups is 1. The van der Waals surface area contributed by atoms with Crippen LogP contribution in [0.15, 0.2) is 52.6 Å². The quantitative estimate of drug-likeness (QED) is 0.276. The van der Waals surface area contributed by atoms with Gasteiger partial charge in [0.1, 0.15) is 11.6 Å². The lowest BCUT2D eigenvalue weighted by Gasteiger charge is -2.35. The highest BCUT2D eigenvalue weighted by molar-refractivity contribution is 8.15. The molecule has 2 aliphatic heterocycles. The number of carbonyl (C=O) groups is 2. The molecule has 0 bridgehead atoms. The van der Waals surface area contributed by atoms with E-state index in [0.717, 1.165) is 71.3 Å². The molecular weight excluding hydrogens is 520 g/mol. The zero-order chi connectivity index (χ0) is 28.3. The van der Waals surface area contributed by atoms with Crippen molar-refractivity contribution in [2.24, 2.45) is 10.1 Å². The first kappa shape index (κ1) is 28.4. The summed E-state index contributed by atoms with van der Waals surface area (Å²) in [5.41, 5.74) is 5.21. The molecule has 7 nitrogen and oxygen atoms in total. The van der Waals surface area contributed by atoms with Crippen LogP contribution in [0.3, 0.4) is 0 Å². The number of carbonyl (C=O) groups excluding carboxylic acids is 2. The van der Waals surface area contributed by atoms with Crippen molar-refractivity contribution in [3.05, 3.63) is 59.2 Å². The number of benzene rings is 2. The molecule has 1 fully saturated rings. The molecule has 1 saturated carbocycles. The summed E-state index contributed by atoms with van der Waals surface area (Å²) in [5, 5.41) is 5.39. The van der Waals surface area contributed by atoms with Gasteiger partial charge in [0, 0.05) is 24.2 Å². The van der Waals surface area contributed by atoms with Crippen LogP contribution in [0.4, 0.5) is 10.5 Å². The number of hydrogen-bond acceptors (Lipinski definition) is 6. The molecule has 0 atom stereocenters. The molecule has 0 unspecified atom stereocenters. The fourth-order valence-electron chi connectivity index (χ4n) is 5.84. The van der Waals surface area contributed by atoms with Gasteiger partial charge in [-0.2, -0.15) is 10.1 Å². The van der Waals surface area contributed by atoms with Crippen LogP contribution in [0.5, 0.6) is 5.75 Å². The Morgan fingerprint density at radius 2 is 1.85 bits per heavy atom. The predicted molar refractivity (Wildman–Crippen MR) is 164 cm³/mol. The SMILES string of the molecule is CCCC(=O)N1N=C(c2ccc3c(c2)CCCN3/C(=N\C2CCCCC2)c2ccc(OC)cc2)C(C)(C)SC1=O. The summed E-state index contributed by atoms with van der Waals surface area (Å²) in [6.07, 6.45) is 8.99. The summed E-state index contributed by atoms with van der Waals surface area (Å²) < 4.78 is 4.88. The van der Waals surface area contributed by atoms with E-state index in [1.54, 1.807) is 7.11 Å². The molecule has 0 N–H and O–H groups in total. The smallest absolute Gasteiger partial charge is 0.309 e. The molecule has 2 amide bonds. The van der Waals surface area contributed by atoms with Crippen molar-refractivity contribution in [1.82, 2.24) is 5.01 Å². The van der Waals surface area contributed by atoms with E-state index in [0.29, 0.717) is 18.9 Å². The highest BCUT2D eigenvalue weighted by Gasteiger charge is 2.40. The molecule has 1 aliphatic carbocycles. The number of aryl methyl sites for hydroxylation is 1. The number of rotatable bonds is 6. The molecule has 2 aromatic rings. The standard InChI is InChI=1S/C32H40N4O3S/c1-5-10-28(37)36-31(38)40-32(2,3)29(34-36)24-16-19-27-23(21-24)11-9-20-35(27)30(33-25-12-7-6-8-13-25)22-14-17-26(39-4)18-15-22/h14-19,21,25H,5-13,20H2,1-4H3/b33-30-. The molecule has 0 radical (unpaired) electrons. The van der Waals surface area contributed by atoms with E-state index < -0.39 is 4.75 Å². The van der Waals surface area contributed by atoms with Gasteiger partial charge in [0.15, 0.2) is 0 Å². The lowest BCUT2D eigenvalue weighted by Crippen LogP contribution is -2.43. The second-order valence-corrected chi connectivity index (χ2v) is 12.9. The molecular formula is C32H40N4O3S. The van der Waals surface area contributed by atoms with Crippen molar-refractivity contribution in [3.8, 4) is 5.75 Å². The first-order valence-corrected chi connectivity index (χ1v) is 15.4. The minimum atomic E-state index is -0.542. The number of anilines is 1. The zero-order valence-corrected chi connectivity index (χ0v) is 24.9. The van der Waals surface area contributed by atoms with E-state index in [4.69, 9.17) is 9.73 Å². The van der Waals surface area contributed by atoms with Crippen molar-refractivity contribution in [3.63, 3.8) is 0 Å². The second kappa shape index (κ2) is 12.2. The highest BCUT2D eigenvalue weighted by atomic mass is 32.2. The molecule has 5 rings (SSSR count). The van der Waals surface area contributed by atoms with Gasteiger partial charge in [0.2, 0.25) is 0 Å². The van der Waals surface area contributed by atoms with Crippen LogP contribution in [0.25, 0.3) is 0 Å². The van der Waals surface area contributed by atoms with E-state index in [1.807, 2.05) is 32.9 Å². The third-order valence-electron chi connectivity index (χ3n) is 7.94. The summed E-state index contributed by atoms with van der Waals surface area (Å²) in [5.74, 6) is 1.61. The van der Waals surface area contributed by atoms with Crippen molar-refractivity contribution in [1.29, 1.82) is 0 Å². The number of thioether (sulfide) groups is 1. The number of methoxy groups -OCH3 is 1. The van der Waals surface area contributed by atoms with Crippen molar-refractivity contribution in [2.45, 2.75) is 89.3 Å². The molecule has 0 saturated heterocycles. The van der Waals surface area contributed by atoms with Gasteiger partial charge in [-0.25, -0.2) is 0 Å². The van der Waals surface area contributed by atoms with Gasteiger partial charge >= 0.3 is 5.24 Å². The lowest BCUT2D eigenvalue weighted by molar-refractivity contribution is -0.127. The van der Waals surface area contributed by atoms with Crippen LogP contribution in [-0.2, 0) is 11.2 Å². The summed E-state index contributed by atoms with van der Waals surface area (Å²) in [6, 6.07) is 15.0. The van der Waals surface area contributed by atoms with Crippen LogP contribution >= 0.6 is 11.8 Å². The van der Waals surface area contributed by atoms with E-state index >= 15 is 0 Å². The van der Waals surface area contributed by atoms with Crippen LogP contribution in [0.1, 0.15) is 88.8 Å². The lowest BCUT2D eigenvalue weighted by atomic mass is 9.92. The molecule has 2 heterocycles. The van der Waals surface area contributed by atoms with Gasteiger partial charge in [-0.05, 0) is 105 Å².